The predicted octanol–water partition coefficient (Wildman–Crippen LogP) is 4.74. The molecule has 0 radical (unpaired) electrons. The Hall–Kier alpha value is -4.28. The number of anilines is 1. The van der Waals surface area contributed by atoms with Crippen LogP contribution in [0.2, 0.25) is 0 Å². The summed E-state index contributed by atoms with van der Waals surface area (Å²) in [5, 5.41) is 32.4. The van der Waals surface area contributed by atoms with Gasteiger partial charge >= 0.3 is 5.97 Å². The van der Waals surface area contributed by atoms with Crippen LogP contribution in [0.25, 0.3) is 16.8 Å². The zero-order chi connectivity index (χ0) is 29.2. The number of nitrogens with zero attached hydrogens (tertiary/aromatic N) is 3. The van der Waals surface area contributed by atoms with E-state index in [1.165, 1.54) is 18.3 Å². The normalized spacial score (nSPS) is 13.5. The molecular formula is C30H36FN5O4. The first-order valence-electron chi connectivity index (χ1n) is 13.0. The average molecular weight is 550 g/mol. The third kappa shape index (κ3) is 8.62. The number of hydrogen-bond acceptors (Lipinski definition) is 5. The molecule has 0 saturated carbocycles. The van der Waals surface area contributed by atoms with Crippen LogP contribution in [0, 0.1) is 5.82 Å². The van der Waals surface area contributed by atoms with Crippen molar-refractivity contribution in [1.82, 2.24) is 9.55 Å². The van der Waals surface area contributed by atoms with E-state index >= 15 is 0 Å². The van der Waals surface area contributed by atoms with E-state index in [4.69, 9.17) is 15.8 Å². The van der Waals surface area contributed by atoms with E-state index in [1.807, 2.05) is 48.7 Å². The van der Waals surface area contributed by atoms with Crippen LogP contribution in [0.1, 0.15) is 50.5 Å². The Balaban J connectivity index is 1.92. The van der Waals surface area contributed by atoms with E-state index in [9.17, 15) is 19.4 Å². The van der Waals surface area contributed by atoms with Crippen LogP contribution >= 0.6 is 0 Å². The molecule has 3 rings (SSSR count). The number of aliphatic imine (C=N–C) groups is 1. The number of aliphatic carboxylic acids is 1. The smallest absolute Gasteiger partial charge is 0.305 e. The maximum atomic E-state index is 13.7. The largest absolute Gasteiger partial charge is 0.481 e. The lowest BCUT2D eigenvalue weighted by molar-refractivity contribution is -0.139. The summed E-state index contributed by atoms with van der Waals surface area (Å²) in [6.45, 7) is 8.53. The van der Waals surface area contributed by atoms with Crippen LogP contribution in [-0.4, -0.2) is 49.0 Å². The number of nitrogens with two attached hydrogens (primary N) is 1. The highest BCUT2D eigenvalue weighted by molar-refractivity contribution is 5.92. The third-order valence-corrected chi connectivity index (χ3v) is 6.11. The number of guanidine groups is 1. The van der Waals surface area contributed by atoms with Crippen molar-refractivity contribution in [2.24, 2.45) is 10.7 Å². The summed E-state index contributed by atoms with van der Waals surface area (Å²) in [6.07, 6.45) is 0.857. The Morgan fingerprint density at radius 2 is 1.82 bits per heavy atom. The average Bonchev–Trinajstić information content (AvgIpc) is 3.28. The number of nitrogens with one attached hydrogen (secondary N) is 1. The Morgan fingerprint density at radius 3 is 2.45 bits per heavy atom. The van der Waals surface area contributed by atoms with Gasteiger partial charge in [0.05, 0.1) is 30.0 Å². The van der Waals surface area contributed by atoms with Gasteiger partial charge in [-0.2, -0.15) is 0 Å². The molecule has 0 unspecified atom stereocenters. The molecule has 0 aliphatic carbocycles. The van der Waals surface area contributed by atoms with Gasteiger partial charge < -0.3 is 30.9 Å². The monoisotopic (exact) mass is 549 g/mol. The number of aliphatic hydroxyl groups is 2. The van der Waals surface area contributed by atoms with Crippen LogP contribution in [0.15, 0.2) is 78.4 Å². The van der Waals surface area contributed by atoms with Gasteiger partial charge in [0.15, 0.2) is 5.96 Å². The number of halogens is 1. The van der Waals surface area contributed by atoms with Crippen molar-refractivity contribution in [2.75, 3.05) is 5.32 Å². The molecule has 0 aliphatic heterocycles. The first kappa shape index (κ1) is 30.3. The van der Waals surface area contributed by atoms with Crippen molar-refractivity contribution in [3.8, 4) is 11.3 Å². The molecular weight excluding hydrogens is 513 g/mol. The molecule has 0 fully saturated rings. The minimum absolute atomic E-state index is 0.00297. The van der Waals surface area contributed by atoms with Gasteiger partial charge in [-0.3, -0.25) is 4.79 Å². The molecule has 0 saturated heterocycles. The Labute approximate surface area is 233 Å². The standard InChI is InChI=1S/C30H36FN5O4/c1-19(2)29-35-27(21-9-11-22(31)12-10-21)28(36(29)16-14-24(37)17-25(38)18-26(39)40)20(3)13-15-33-30(32)34-23-7-5-4-6-8-23/h4-13,15,19,24-25,37-38H,3,14,16-18H2,1-2H3,(H,39,40)(H3,32,33,34)/b15-13-/t24-,25-/m1/s1. The molecule has 0 bridgehead atoms. The summed E-state index contributed by atoms with van der Waals surface area (Å²) >= 11 is 0. The van der Waals surface area contributed by atoms with Gasteiger partial charge in [-0.25, -0.2) is 14.4 Å². The number of aliphatic hydroxyl groups excluding tert-OH is 2. The van der Waals surface area contributed by atoms with E-state index in [2.05, 4.69) is 16.9 Å². The quantitative estimate of drug-likeness (QED) is 0.118. The summed E-state index contributed by atoms with van der Waals surface area (Å²) in [6, 6.07) is 15.4. The lowest BCUT2D eigenvalue weighted by atomic mass is 10.0. The fourth-order valence-electron chi connectivity index (χ4n) is 4.25. The summed E-state index contributed by atoms with van der Waals surface area (Å²) < 4.78 is 15.6. The molecule has 212 valence electrons. The second-order valence-electron chi connectivity index (χ2n) is 9.76. The zero-order valence-corrected chi connectivity index (χ0v) is 22.7. The van der Waals surface area contributed by atoms with Crippen LogP contribution in [0.5, 0.6) is 0 Å². The molecule has 1 aromatic heterocycles. The van der Waals surface area contributed by atoms with E-state index in [0.29, 0.717) is 29.1 Å². The molecule has 1 heterocycles. The summed E-state index contributed by atoms with van der Waals surface area (Å²) in [4.78, 5) is 20.0. The van der Waals surface area contributed by atoms with Crippen molar-refractivity contribution in [2.45, 2.75) is 57.8 Å². The Bertz CT molecular complexity index is 1350. The van der Waals surface area contributed by atoms with E-state index in [1.54, 1.807) is 18.2 Å². The number of carbonyl (C=O) groups is 1. The first-order chi connectivity index (χ1) is 19.0. The molecule has 2 atom stereocenters. The number of benzene rings is 2. The lowest BCUT2D eigenvalue weighted by Gasteiger charge is -2.18. The highest BCUT2D eigenvalue weighted by Crippen LogP contribution is 2.33. The number of para-hydroxylation sites is 1. The van der Waals surface area contributed by atoms with Crippen molar-refractivity contribution >= 4 is 23.2 Å². The van der Waals surface area contributed by atoms with Crippen molar-refractivity contribution in [3.63, 3.8) is 0 Å². The second kappa shape index (κ2) is 14.2. The molecule has 3 aromatic rings. The second-order valence-corrected chi connectivity index (χ2v) is 9.76. The van der Waals surface area contributed by atoms with Crippen LogP contribution in [-0.2, 0) is 11.3 Å². The summed E-state index contributed by atoms with van der Waals surface area (Å²) in [5.41, 5.74) is 9.32. The molecule has 6 N–H and O–H groups in total. The number of aromatic nitrogens is 2. The van der Waals surface area contributed by atoms with Gasteiger partial charge in [0.25, 0.3) is 0 Å². The van der Waals surface area contributed by atoms with Crippen molar-refractivity contribution < 1.29 is 24.5 Å². The zero-order valence-electron chi connectivity index (χ0n) is 22.7. The molecule has 0 amide bonds. The minimum atomic E-state index is -1.15. The minimum Gasteiger partial charge on any atom is -0.481 e. The maximum Gasteiger partial charge on any atom is 0.305 e. The van der Waals surface area contributed by atoms with E-state index < -0.39 is 24.6 Å². The van der Waals surface area contributed by atoms with E-state index in [-0.39, 0.29) is 30.5 Å². The lowest BCUT2D eigenvalue weighted by Crippen LogP contribution is -2.22. The number of allylic oxidation sites excluding steroid dienone is 2. The number of carboxylic acids is 1. The highest BCUT2D eigenvalue weighted by atomic mass is 19.1. The summed E-state index contributed by atoms with van der Waals surface area (Å²) in [7, 11) is 0. The Kier molecular flexibility index (Phi) is 10.7. The number of hydrogen-bond donors (Lipinski definition) is 5. The molecule has 10 heteroatoms. The van der Waals surface area contributed by atoms with Crippen molar-refractivity contribution in [1.29, 1.82) is 0 Å². The van der Waals surface area contributed by atoms with E-state index in [0.717, 1.165) is 11.5 Å². The Morgan fingerprint density at radius 1 is 1.15 bits per heavy atom. The van der Waals surface area contributed by atoms with Gasteiger partial charge in [-0.1, -0.05) is 38.6 Å². The number of imidazole rings is 1. The number of rotatable bonds is 13. The van der Waals surface area contributed by atoms with Gasteiger partial charge in [0.1, 0.15) is 11.6 Å². The van der Waals surface area contributed by atoms with Crippen LogP contribution in [0.3, 0.4) is 0 Å². The SMILES string of the molecule is C=C(/C=C\N=C(/N)Nc1ccccc1)c1c(-c2ccc(F)cc2)nc(C(C)C)n1CC[C@@H](O)C[C@@H](O)CC(=O)O. The maximum absolute atomic E-state index is 13.7. The van der Waals surface area contributed by atoms with Gasteiger partial charge in [-0.15, -0.1) is 0 Å². The topological polar surface area (TPSA) is 146 Å². The molecule has 9 nitrogen and oxygen atoms in total. The number of carboxylic acid groups (broad SMARTS) is 1. The van der Waals surface area contributed by atoms with Crippen LogP contribution < -0.4 is 11.1 Å². The van der Waals surface area contributed by atoms with Gasteiger partial charge in [0.2, 0.25) is 0 Å². The molecule has 0 spiro atoms. The molecule has 2 aromatic carbocycles. The summed E-state index contributed by atoms with van der Waals surface area (Å²) in [5.74, 6) is -0.577. The van der Waals surface area contributed by atoms with Gasteiger partial charge in [-0.05, 0) is 60.9 Å². The fraction of sp³-hybridized carbons (Fsp3) is 0.300. The molecule has 40 heavy (non-hydrogen) atoms. The first-order valence-corrected chi connectivity index (χ1v) is 13.0. The molecule has 0 aliphatic rings. The van der Waals surface area contributed by atoms with Gasteiger partial charge in [0, 0.05) is 29.9 Å². The predicted molar refractivity (Wildman–Crippen MR) is 155 cm³/mol. The fourth-order valence-corrected chi connectivity index (χ4v) is 4.25. The highest BCUT2D eigenvalue weighted by Gasteiger charge is 2.23. The third-order valence-electron chi connectivity index (χ3n) is 6.11. The van der Waals surface area contributed by atoms with Crippen LogP contribution in [0.4, 0.5) is 10.1 Å². The van der Waals surface area contributed by atoms with Crippen molar-refractivity contribution in [3.05, 3.63) is 90.8 Å².